The van der Waals surface area contributed by atoms with E-state index in [1.165, 1.54) is 0 Å². The number of anilines is 1. The highest BCUT2D eigenvalue weighted by atomic mass is 16.5. The van der Waals surface area contributed by atoms with Crippen molar-refractivity contribution in [2.45, 2.75) is 112 Å². The summed E-state index contributed by atoms with van der Waals surface area (Å²) in [6.07, 6.45) is 11.7. The van der Waals surface area contributed by atoms with Gasteiger partial charge in [0.25, 0.3) is 0 Å². The van der Waals surface area contributed by atoms with Crippen LogP contribution in [0.2, 0.25) is 0 Å². The van der Waals surface area contributed by atoms with Gasteiger partial charge in [0.15, 0.2) is 0 Å². The van der Waals surface area contributed by atoms with Crippen LogP contribution in [0.15, 0.2) is 191 Å². The maximum atomic E-state index is 6.32. The summed E-state index contributed by atoms with van der Waals surface area (Å²) in [6, 6.07) is 33.7. The van der Waals surface area contributed by atoms with E-state index in [9.17, 15) is 0 Å². The van der Waals surface area contributed by atoms with Crippen LogP contribution in [0.25, 0.3) is 68.6 Å². The van der Waals surface area contributed by atoms with Crippen molar-refractivity contribution in [2.75, 3.05) is 19.1 Å². The Hall–Kier alpha value is -11.2. The Morgan fingerprint density at radius 3 is 1.12 bits per heavy atom. The van der Waals surface area contributed by atoms with Gasteiger partial charge in [-0.1, -0.05) is 136 Å². The number of fused-ring (bicyclic) bond motifs is 8. The fourth-order valence-corrected chi connectivity index (χ4v) is 10.6. The maximum Gasteiger partial charge on any atom is 0.126 e. The largest absolute Gasteiger partial charge is 0.496 e. The van der Waals surface area contributed by atoms with Gasteiger partial charge in [0, 0.05) is 61.2 Å². The van der Waals surface area contributed by atoms with Crippen LogP contribution >= 0.6 is 0 Å². The standard InChI is InChI=1S/C83H73N5O2/c1-18-20-22-24-26-28-50-88(51-29-27-25-23-21-19-2)61-38-34-58(35-39-61)37-41-63-70-44-48-74(86-70)76(59-52-64(80(4,5)6)78(89-16)65(53-59)81(7,8)9)72-46-42-68(84-72)62(40-36-57-32-30-56(3)31-33-57)69-43-47-73(85-69)77(75-49-45-71(63)87-75)60-54-66(82(10,11)12)79(90-17)67(55-60)83(13,14)15/h30-35,38-39,42-55,84,87H,1-2H2,3-17H3. The molecule has 0 fully saturated rings. The molecular formula is C83H73N5O2. The summed E-state index contributed by atoms with van der Waals surface area (Å²) in [6.45, 7) is 35.8. The molecule has 0 saturated carbocycles. The topological polar surface area (TPSA) is 79.1 Å². The second kappa shape index (κ2) is 26.4. The third-order valence-electron chi connectivity index (χ3n) is 15.1. The number of nitrogens with zero attached hydrogens (tertiary/aromatic N) is 3. The van der Waals surface area contributed by atoms with Crippen LogP contribution in [0.3, 0.4) is 0 Å². The fraction of sp³-hybridized carbons (Fsp3) is 0.229. The van der Waals surface area contributed by atoms with Gasteiger partial charge in [-0.2, -0.15) is 0 Å². The lowest BCUT2D eigenvalue weighted by Crippen LogP contribution is -2.19. The molecule has 3 aromatic heterocycles. The molecule has 0 atom stereocenters. The average Bonchev–Trinajstić information content (AvgIpc) is 1.28. The SMILES string of the molecule is C=C=C=C=C=C=C=CN(C=C=C=C=C=C=C=C)c1ccc(C#Cc2c3nc(c(-c4cc(C(C)(C)C)c(OC)c(C(C)(C)C)c4)c4ccc([nH]4)c(C#Cc4ccc(C)cc4)c4nc(c(-c5cc(C(C)(C)C)c(OC)c(C(C)(C)C)c5)c5ccc2[nH]5)C=C4)C=C3)cc1. The number of aryl methyl sites for hydroxylation is 1. The van der Waals surface area contributed by atoms with Gasteiger partial charge in [0.05, 0.1) is 71.6 Å². The number of hydrogen-bond acceptors (Lipinski definition) is 5. The van der Waals surface area contributed by atoms with Crippen molar-refractivity contribution in [3.63, 3.8) is 0 Å². The first kappa shape index (κ1) is 63.3. The van der Waals surface area contributed by atoms with Gasteiger partial charge >= 0.3 is 0 Å². The third-order valence-corrected chi connectivity index (χ3v) is 15.1. The molecule has 0 radical (unpaired) electrons. The molecule has 0 saturated heterocycles. The third kappa shape index (κ3) is 14.5. The Labute approximate surface area is 531 Å². The van der Waals surface area contributed by atoms with E-state index in [-0.39, 0.29) is 21.7 Å². The number of ether oxygens (including phenoxy) is 2. The Morgan fingerprint density at radius 2 is 0.767 bits per heavy atom. The molecule has 7 nitrogen and oxygen atoms in total. The van der Waals surface area contributed by atoms with Gasteiger partial charge in [-0.25, -0.2) is 9.97 Å². The summed E-state index contributed by atoms with van der Waals surface area (Å²) >= 11 is 0. The van der Waals surface area contributed by atoms with Gasteiger partial charge in [-0.3, -0.25) is 0 Å². The van der Waals surface area contributed by atoms with Crippen LogP contribution < -0.4 is 14.4 Å². The van der Waals surface area contributed by atoms with E-state index in [1.807, 2.05) is 24.3 Å². The van der Waals surface area contributed by atoms with Crippen molar-refractivity contribution in [3.05, 3.63) is 264 Å². The van der Waals surface area contributed by atoms with E-state index in [0.717, 1.165) is 123 Å². The lowest BCUT2D eigenvalue weighted by molar-refractivity contribution is 0.381. The zero-order chi connectivity index (χ0) is 64.5. The van der Waals surface area contributed by atoms with Crippen LogP contribution in [0.1, 0.15) is 156 Å². The average molecular weight is 1170 g/mol. The second-order valence-electron chi connectivity index (χ2n) is 25.9. The van der Waals surface area contributed by atoms with E-state index in [4.69, 9.17) is 19.4 Å². The molecule has 442 valence electrons. The molecule has 90 heavy (non-hydrogen) atoms. The van der Waals surface area contributed by atoms with E-state index in [1.54, 1.807) is 31.5 Å². The molecular weight excluding hydrogens is 1100 g/mol. The van der Waals surface area contributed by atoms with Gasteiger partial charge in [-0.05, 0) is 219 Å². The summed E-state index contributed by atoms with van der Waals surface area (Å²) in [5.74, 6) is 16.0. The number of aromatic amines is 2. The maximum absolute atomic E-state index is 6.32. The molecule has 0 amide bonds. The van der Waals surface area contributed by atoms with Gasteiger partial charge in [0.1, 0.15) is 11.5 Å². The van der Waals surface area contributed by atoms with Crippen LogP contribution in [0.4, 0.5) is 5.69 Å². The highest BCUT2D eigenvalue weighted by molar-refractivity contribution is 5.96. The number of nitrogens with one attached hydrogen (secondary N) is 2. The first-order valence-corrected chi connectivity index (χ1v) is 29.7. The molecule has 7 aromatic rings. The summed E-state index contributed by atoms with van der Waals surface area (Å²) in [7, 11) is 3.53. The van der Waals surface area contributed by atoms with E-state index < -0.39 is 0 Å². The number of methoxy groups -OCH3 is 2. The quantitative estimate of drug-likeness (QED) is 0.123. The van der Waals surface area contributed by atoms with Crippen molar-refractivity contribution >= 4 is 52.1 Å². The van der Waals surface area contributed by atoms with E-state index in [0.29, 0.717) is 11.3 Å². The van der Waals surface area contributed by atoms with Crippen molar-refractivity contribution in [1.82, 2.24) is 19.9 Å². The first-order chi connectivity index (χ1) is 42.9. The summed E-state index contributed by atoms with van der Waals surface area (Å²) < 4.78 is 12.6. The Kier molecular flexibility index (Phi) is 18.6. The zero-order valence-electron chi connectivity index (χ0n) is 54.3. The molecule has 7 heteroatoms. The van der Waals surface area contributed by atoms with Crippen LogP contribution in [-0.2, 0) is 21.7 Å². The Bertz CT molecular complexity index is 4740. The van der Waals surface area contributed by atoms with Crippen molar-refractivity contribution in [3.8, 4) is 57.4 Å². The summed E-state index contributed by atoms with van der Waals surface area (Å²) in [5, 5.41) is 0. The van der Waals surface area contributed by atoms with Crippen molar-refractivity contribution in [1.29, 1.82) is 0 Å². The van der Waals surface area contributed by atoms with Crippen LogP contribution in [0.5, 0.6) is 11.5 Å². The Morgan fingerprint density at radius 1 is 0.422 bits per heavy atom. The molecule has 0 spiro atoms. The monoisotopic (exact) mass is 1170 g/mol. The molecule has 9 rings (SSSR count). The van der Waals surface area contributed by atoms with E-state index in [2.05, 4.69) is 303 Å². The first-order valence-electron chi connectivity index (χ1n) is 29.7. The lowest BCUT2D eigenvalue weighted by Gasteiger charge is -2.30. The van der Waals surface area contributed by atoms with Crippen LogP contribution in [0, 0.1) is 30.6 Å². The lowest BCUT2D eigenvalue weighted by atomic mass is 9.77. The van der Waals surface area contributed by atoms with E-state index >= 15 is 0 Å². The second-order valence-corrected chi connectivity index (χ2v) is 25.9. The summed E-state index contributed by atoms with van der Waals surface area (Å²) in [5.41, 5.74) is 50.8. The molecule has 2 N–H and O–H groups in total. The molecule has 8 bridgehead atoms. The number of H-pyrrole nitrogens is 2. The molecule has 2 aliphatic heterocycles. The smallest absolute Gasteiger partial charge is 0.126 e. The predicted octanol–water partition coefficient (Wildman–Crippen LogP) is 19.3. The highest BCUT2D eigenvalue weighted by Crippen LogP contribution is 2.46. The minimum absolute atomic E-state index is 0.282. The molecule has 0 aliphatic carbocycles. The Balaban J connectivity index is 1.42. The van der Waals surface area contributed by atoms with Crippen molar-refractivity contribution in [2.24, 2.45) is 0 Å². The summed E-state index contributed by atoms with van der Waals surface area (Å²) in [4.78, 5) is 20.8. The van der Waals surface area contributed by atoms with Gasteiger partial charge < -0.3 is 24.3 Å². The predicted molar refractivity (Wildman–Crippen MR) is 372 cm³/mol. The number of rotatable bonds is 7. The molecule has 0 unspecified atom stereocenters. The number of benzene rings is 4. The minimum atomic E-state index is -0.282. The molecule has 4 aromatic carbocycles. The van der Waals surface area contributed by atoms with Gasteiger partial charge in [0.2, 0.25) is 0 Å². The molecule has 5 heterocycles. The molecule has 2 aliphatic rings. The zero-order valence-corrected chi connectivity index (χ0v) is 54.3. The van der Waals surface area contributed by atoms with Gasteiger partial charge in [-0.15, -0.1) is 0 Å². The van der Waals surface area contributed by atoms with Crippen LogP contribution in [-0.4, -0.2) is 34.2 Å². The fourth-order valence-electron chi connectivity index (χ4n) is 10.6. The highest BCUT2D eigenvalue weighted by Gasteiger charge is 2.31. The number of aromatic nitrogens is 4. The number of hydrogen-bond donors (Lipinski definition) is 2. The van der Waals surface area contributed by atoms with Crippen molar-refractivity contribution < 1.29 is 9.47 Å². The normalized spacial score (nSPS) is 11.2. The minimum Gasteiger partial charge on any atom is -0.496 e.